The number of nitrogens with one attached hydrogen (secondary N) is 2. The van der Waals surface area contributed by atoms with Gasteiger partial charge in [0.15, 0.2) is 0 Å². The van der Waals surface area contributed by atoms with E-state index in [0.29, 0.717) is 13.1 Å². The number of aromatic amines is 2. The van der Waals surface area contributed by atoms with Crippen LogP contribution in [0.5, 0.6) is 0 Å². The smallest absolute Gasteiger partial charge is 0.261 e. The second-order valence-electron chi connectivity index (χ2n) is 10.7. The number of H-pyrrole nitrogens is 2. The number of allylic oxidation sites excluding steroid dienone is 3. The Morgan fingerprint density at radius 1 is 1.12 bits per heavy atom. The molecule has 2 saturated heterocycles. The molecule has 6 rings (SSSR count). The fraction of sp³-hybridized carbons (Fsp3) is 0.367. The van der Waals surface area contributed by atoms with Gasteiger partial charge in [-0.2, -0.15) is 5.10 Å². The van der Waals surface area contributed by atoms with Gasteiger partial charge in [-0.05, 0) is 49.4 Å². The number of nitrogens with zero attached hydrogens (tertiary/aromatic N) is 6. The summed E-state index contributed by atoms with van der Waals surface area (Å²) >= 11 is 0. The zero-order valence-electron chi connectivity index (χ0n) is 22.9. The second-order valence-corrected chi connectivity index (χ2v) is 10.7. The first-order valence-electron chi connectivity index (χ1n) is 13.7. The van der Waals surface area contributed by atoms with Crippen LogP contribution in [-0.4, -0.2) is 93.7 Å². The van der Waals surface area contributed by atoms with Gasteiger partial charge >= 0.3 is 0 Å². The molecule has 0 amide bonds. The van der Waals surface area contributed by atoms with E-state index in [4.69, 9.17) is 4.98 Å². The molecule has 0 aliphatic carbocycles. The van der Waals surface area contributed by atoms with Crippen molar-refractivity contribution in [2.24, 2.45) is 0 Å². The fourth-order valence-electron chi connectivity index (χ4n) is 5.58. The van der Waals surface area contributed by atoms with E-state index in [1.165, 1.54) is 0 Å². The van der Waals surface area contributed by atoms with Gasteiger partial charge in [-0.3, -0.25) is 15.0 Å². The number of fused-ring (bicyclic) bond motifs is 2. The van der Waals surface area contributed by atoms with Gasteiger partial charge in [0.05, 0.1) is 47.0 Å². The average molecular weight is 545 g/mol. The van der Waals surface area contributed by atoms with Gasteiger partial charge in [-0.15, -0.1) is 0 Å². The predicted octanol–water partition coefficient (Wildman–Crippen LogP) is 5.11. The maximum atomic E-state index is 13.7. The molecule has 0 radical (unpaired) electrons. The predicted molar refractivity (Wildman–Crippen MR) is 157 cm³/mol. The summed E-state index contributed by atoms with van der Waals surface area (Å²) in [7, 11) is 2.15. The Morgan fingerprint density at radius 2 is 1.95 bits per heavy atom. The summed E-state index contributed by atoms with van der Waals surface area (Å²) in [4.78, 5) is 19.5. The van der Waals surface area contributed by atoms with Crippen LogP contribution in [0, 0.1) is 0 Å². The highest BCUT2D eigenvalue weighted by molar-refractivity contribution is 5.98. The number of aromatic nitrogens is 5. The third-order valence-electron chi connectivity index (χ3n) is 7.90. The molecular weight excluding hydrogens is 510 g/mol. The van der Waals surface area contributed by atoms with Crippen molar-refractivity contribution in [3.05, 3.63) is 66.7 Å². The van der Waals surface area contributed by atoms with E-state index >= 15 is 0 Å². The molecule has 10 heteroatoms. The molecular formula is C30H34F2N8. The van der Waals surface area contributed by atoms with Crippen LogP contribution in [0.25, 0.3) is 38.9 Å². The van der Waals surface area contributed by atoms with E-state index < -0.39 is 5.92 Å². The van der Waals surface area contributed by atoms with Crippen molar-refractivity contribution in [1.29, 1.82) is 0 Å². The molecule has 0 unspecified atom stereocenters. The first kappa shape index (κ1) is 26.3. The number of piperazine rings is 1. The SMILES string of the molecule is C=C/C(=C\C(=C/C)c1ccc2[nH]nc(-c3cc4c(N5CCN(C)CC5)cncc4[nH]3)c2n1)CN1CCC(F)(F)C1. The molecule has 208 valence electrons. The van der Waals surface area contributed by atoms with E-state index in [2.05, 4.69) is 49.7 Å². The highest BCUT2D eigenvalue weighted by atomic mass is 19.3. The van der Waals surface area contributed by atoms with E-state index in [0.717, 1.165) is 82.0 Å². The third-order valence-corrected chi connectivity index (χ3v) is 7.90. The standard InChI is InChI=1S/C30H34F2N8/c1-4-20(18-39-9-8-30(31,32)19-39)14-21(5-2)23-6-7-24-28(35-23)29(37-36-24)25-15-22-26(34-25)16-33-17-27(22)40-12-10-38(3)11-13-40/h4-7,14-17,34H,1,8-13,18-19H2,2-3H3,(H,36,37)/b20-14+,21-5+. The summed E-state index contributed by atoms with van der Waals surface area (Å²) in [6.07, 6.45) is 9.38. The van der Waals surface area contributed by atoms with Crippen molar-refractivity contribution in [2.75, 3.05) is 57.8 Å². The van der Waals surface area contributed by atoms with Crippen molar-refractivity contribution in [3.63, 3.8) is 0 Å². The number of likely N-dealkylation sites (tertiary alicyclic amines) is 1. The van der Waals surface area contributed by atoms with Gasteiger partial charge < -0.3 is 14.8 Å². The fourth-order valence-corrected chi connectivity index (χ4v) is 5.58. The number of pyridine rings is 2. The second kappa shape index (κ2) is 10.6. The molecule has 0 atom stereocenters. The van der Waals surface area contributed by atoms with Crippen LogP contribution in [0.4, 0.5) is 14.5 Å². The van der Waals surface area contributed by atoms with E-state index in [1.807, 2.05) is 43.6 Å². The lowest BCUT2D eigenvalue weighted by atomic mass is 10.1. The van der Waals surface area contributed by atoms with Crippen LogP contribution in [-0.2, 0) is 0 Å². The molecule has 0 aromatic carbocycles. The zero-order valence-corrected chi connectivity index (χ0v) is 22.9. The molecule has 0 saturated carbocycles. The Balaban J connectivity index is 1.31. The molecule has 4 aromatic heterocycles. The Hall–Kier alpha value is -3.89. The number of rotatable bonds is 7. The van der Waals surface area contributed by atoms with E-state index in [-0.39, 0.29) is 13.0 Å². The summed E-state index contributed by atoms with van der Waals surface area (Å²) in [5.74, 6) is -2.62. The molecule has 2 aliphatic rings. The highest BCUT2D eigenvalue weighted by Crippen LogP contribution is 2.33. The molecule has 40 heavy (non-hydrogen) atoms. The van der Waals surface area contributed by atoms with Gasteiger partial charge in [0, 0.05) is 51.1 Å². The first-order chi connectivity index (χ1) is 19.3. The van der Waals surface area contributed by atoms with Crippen LogP contribution in [0.15, 0.2) is 61.0 Å². The van der Waals surface area contributed by atoms with Crippen LogP contribution in [0.2, 0.25) is 0 Å². The molecule has 0 bridgehead atoms. The average Bonchev–Trinajstić information content (AvgIpc) is 3.66. The Kier molecular flexibility index (Phi) is 6.97. The zero-order chi connectivity index (χ0) is 27.9. The van der Waals surface area contributed by atoms with Crippen molar-refractivity contribution < 1.29 is 8.78 Å². The van der Waals surface area contributed by atoms with Crippen LogP contribution in [0.1, 0.15) is 19.0 Å². The number of anilines is 1. The highest BCUT2D eigenvalue weighted by Gasteiger charge is 2.38. The molecule has 0 spiro atoms. The number of halogens is 2. The Labute approximate surface area is 232 Å². The number of alkyl halides is 2. The quantitative estimate of drug-likeness (QED) is 0.315. The first-order valence-corrected chi connectivity index (χ1v) is 13.7. The van der Waals surface area contributed by atoms with Gasteiger partial charge in [-0.25, -0.2) is 13.8 Å². The summed E-state index contributed by atoms with van der Waals surface area (Å²) in [6.45, 7) is 10.4. The van der Waals surface area contributed by atoms with Gasteiger partial charge in [0.25, 0.3) is 5.92 Å². The Morgan fingerprint density at radius 3 is 2.67 bits per heavy atom. The lowest BCUT2D eigenvalue weighted by molar-refractivity contribution is 0.0131. The van der Waals surface area contributed by atoms with E-state index in [9.17, 15) is 8.78 Å². The minimum Gasteiger partial charge on any atom is -0.367 e. The summed E-state index contributed by atoms with van der Waals surface area (Å²) in [5, 5.41) is 8.84. The van der Waals surface area contributed by atoms with Crippen LogP contribution >= 0.6 is 0 Å². The summed E-state index contributed by atoms with van der Waals surface area (Å²) in [5.41, 5.74) is 7.82. The largest absolute Gasteiger partial charge is 0.367 e. The van der Waals surface area contributed by atoms with Gasteiger partial charge in [-0.1, -0.05) is 18.7 Å². The number of hydrogen-bond donors (Lipinski definition) is 2. The lowest BCUT2D eigenvalue weighted by Gasteiger charge is -2.34. The number of likely N-dealkylation sites (N-methyl/N-ethyl adjacent to an activating group) is 1. The topological polar surface area (TPSA) is 80.0 Å². The maximum Gasteiger partial charge on any atom is 0.261 e. The Bertz CT molecular complexity index is 1610. The maximum absolute atomic E-state index is 13.7. The van der Waals surface area contributed by atoms with Gasteiger partial charge in [0.1, 0.15) is 11.2 Å². The van der Waals surface area contributed by atoms with Crippen molar-refractivity contribution >= 4 is 33.2 Å². The molecule has 6 heterocycles. The monoisotopic (exact) mass is 544 g/mol. The molecule has 2 fully saturated rings. The minimum atomic E-state index is -2.62. The normalized spacial score (nSPS) is 19.2. The number of hydrogen-bond acceptors (Lipinski definition) is 6. The summed E-state index contributed by atoms with van der Waals surface area (Å²) in [6, 6.07) is 6.05. The van der Waals surface area contributed by atoms with Crippen LogP contribution in [0.3, 0.4) is 0 Å². The van der Waals surface area contributed by atoms with Gasteiger partial charge in [0.2, 0.25) is 0 Å². The third kappa shape index (κ3) is 5.16. The molecule has 2 N–H and O–H groups in total. The molecule has 4 aromatic rings. The van der Waals surface area contributed by atoms with Crippen LogP contribution < -0.4 is 4.90 Å². The molecule has 8 nitrogen and oxygen atoms in total. The molecule has 2 aliphatic heterocycles. The minimum absolute atomic E-state index is 0.101. The lowest BCUT2D eigenvalue weighted by Crippen LogP contribution is -2.44. The van der Waals surface area contributed by atoms with Crippen molar-refractivity contribution in [1.82, 2.24) is 34.9 Å². The van der Waals surface area contributed by atoms with Crippen molar-refractivity contribution in [3.8, 4) is 11.4 Å². The van der Waals surface area contributed by atoms with E-state index in [1.54, 1.807) is 11.0 Å². The summed E-state index contributed by atoms with van der Waals surface area (Å²) < 4.78 is 27.4. The van der Waals surface area contributed by atoms with Crippen molar-refractivity contribution in [2.45, 2.75) is 19.3 Å².